The summed E-state index contributed by atoms with van der Waals surface area (Å²) in [6.45, 7) is 2.38. The summed E-state index contributed by atoms with van der Waals surface area (Å²) in [6.07, 6.45) is 3.41. The maximum Gasteiger partial charge on any atom is 0.214 e. The Labute approximate surface area is 107 Å². The molecule has 3 unspecified atom stereocenters. The molecule has 1 saturated heterocycles. The number of hydrogen-bond acceptors (Lipinski definition) is 5. The van der Waals surface area contributed by atoms with Crippen LogP contribution in [0.1, 0.15) is 19.8 Å². The number of rotatable bonds is 7. The molecule has 0 aromatic rings. The molecule has 0 aromatic carbocycles. The van der Waals surface area contributed by atoms with Crippen LogP contribution in [-0.4, -0.2) is 56.1 Å². The average molecular weight is 283 g/mol. The average Bonchev–Trinajstić information content (AvgIpc) is 2.70. The van der Waals surface area contributed by atoms with Gasteiger partial charge in [0, 0.05) is 17.9 Å². The van der Waals surface area contributed by atoms with Crippen LogP contribution in [0.4, 0.5) is 0 Å². The van der Waals surface area contributed by atoms with E-state index >= 15 is 0 Å². The Morgan fingerprint density at radius 3 is 2.76 bits per heavy atom. The number of aliphatic hydroxyl groups excluding tert-OH is 1. The highest BCUT2D eigenvalue weighted by Gasteiger charge is 2.26. The molecule has 2 N–H and O–H groups in total. The van der Waals surface area contributed by atoms with Gasteiger partial charge in [-0.3, -0.25) is 0 Å². The van der Waals surface area contributed by atoms with Crippen molar-refractivity contribution in [2.24, 2.45) is 0 Å². The highest BCUT2D eigenvalue weighted by molar-refractivity contribution is 7.99. The van der Waals surface area contributed by atoms with Crippen molar-refractivity contribution in [3.05, 3.63) is 0 Å². The first kappa shape index (κ1) is 15.2. The molecule has 1 rings (SSSR count). The van der Waals surface area contributed by atoms with Gasteiger partial charge in [-0.25, -0.2) is 13.1 Å². The van der Waals surface area contributed by atoms with E-state index in [0.29, 0.717) is 6.61 Å². The largest absolute Gasteiger partial charge is 0.395 e. The molecule has 1 aliphatic heterocycles. The Kier molecular flexibility index (Phi) is 6.22. The topological polar surface area (TPSA) is 75.6 Å². The van der Waals surface area contributed by atoms with E-state index in [9.17, 15) is 8.42 Å². The standard InChI is InChI=1S/C10H21NO4S2/c1-8(10(6-12)16-2)11-17(13,14)7-9-4-3-5-15-9/h8-12H,3-7H2,1-2H3. The fraction of sp³-hybridized carbons (Fsp3) is 1.00. The lowest BCUT2D eigenvalue weighted by Gasteiger charge is -2.22. The fourth-order valence-corrected chi connectivity index (χ4v) is 4.16. The molecule has 0 saturated carbocycles. The van der Waals surface area contributed by atoms with Gasteiger partial charge >= 0.3 is 0 Å². The molecule has 1 heterocycles. The monoisotopic (exact) mass is 283 g/mol. The molecular weight excluding hydrogens is 262 g/mol. The second-order valence-corrected chi connectivity index (χ2v) is 7.16. The van der Waals surface area contributed by atoms with Gasteiger partial charge in [-0.15, -0.1) is 0 Å². The number of aliphatic hydroxyl groups is 1. The highest BCUT2D eigenvalue weighted by Crippen LogP contribution is 2.15. The number of thioether (sulfide) groups is 1. The molecule has 1 fully saturated rings. The molecule has 0 bridgehead atoms. The van der Waals surface area contributed by atoms with E-state index in [0.717, 1.165) is 12.8 Å². The molecular formula is C10H21NO4S2. The summed E-state index contributed by atoms with van der Waals surface area (Å²) in [5.41, 5.74) is 0. The summed E-state index contributed by atoms with van der Waals surface area (Å²) < 4.78 is 31.6. The Balaban J connectivity index is 2.47. The lowest BCUT2D eigenvalue weighted by Crippen LogP contribution is -2.43. The maximum absolute atomic E-state index is 11.9. The molecule has 0 aliphatic carbocycles. The maximum atomic E-state index is 11.9. The van der Waals surface area contributed by atoms with Gasteiger partial charge in [0.2, 0.25) is 10.0 Å². The molecule has 0 aromatic heterocycles. The molecule has 7 heteroatoms. The molecule has 0 amide bonds. The zero-order valence-electron chi connectivity index (χ0n) is 10.3. The SMILES string of the molecule is CSC(CO)C(C)NS(=O)(=O)CC1CCCO1. The van der Waals surface area contributed by atoms with Gasteiger partial charge in [-0.05, 0) is 26.0 Å². The summed E-state index contributed by atoms with van der Waals surface area (Å²) in [5, 5.41) is 8.98. The lowest BCUT2D eigenvalue weighted by molar-refractivity contribution is 0.127. The van der Waals surface area contributed by atoms with E-state index in [2.05, 4.69) is 4.72 Å². The summed E-state index contributed by atoms with van der Waals surface area (Å²) >= 11 is 1.45. The van der Waals surface area contributed by atoms with E-state index in [1.807, 2.05) is 6.26 Å². The van der Waals surface area contributed by atoms with Crippen molar-refractivity contribution in [2.75, 3.05) is 25.2 Å². The number of ether oxygens (including phenoxy) is 1. The van der Waals surface area contributed by atoms with Gasteiger partial charge in [-0.2, -0.15) is 11.8 Å². The number of nitrogens with one attached hydrogen (secondary N) is 1. The van der Waals surface area contributed by atoms with Crippen LogP contribution in [0.25, 0.3) is 0 Å². The van der Waals surface area contributed by atoms with Gasteiger partial charge in [0.05, 0.1) is 18.5 Å². The predicted molar refractivity (Wildman–Crippen MR) is 69.7 cm³/mol. The van der Waals surface area contributed by atoms with Gasteiger partial charge in [0.1, 0.15) is 0 Å². The van der Waals surface area contributed by atoms with E-state index in [-0.39, 0.29) is 29.8 Å². The molecule has 102 valence electrons. The van der Waals surface area contributed by atoms with Crippen molar-refractivity contribution in [3.8, 4) is 0 Å². The van der Waals surface area contributed by atoms with Crippen LogP contribution in [0.2, 0.25) is 0 Å². The van der Waals surface area contributed by atoms with Crippen molar-refractivity contribution in [1.82, 2.24) is 4.72 Å². The zero-order chi connectivity index (χ0) is 12.9. The first-order valence-electron chi connectivity index (χ1n) is 5.73. The smallest absolute Gasteiger partial charge is 0.214 e. The van der Waals surface area contributed by atoms with Crippen molar-refractivity contribution in [2.45, 2.75) is 37.2 Å². The minimum Gasteiger partial charge on any atom is -0.395 e. The van der Waals surface area contributed by atoms with Crippen molar-refractivity contribution < 1.29 is 18.3 Å². The highest BCUT2D eigenvalue weighted by atomic mass is 32.2. The van der Waals surface area contributed by atoms with E-state index < -0.39 is 10.0 Å². The van der Waals surface area contributed by atoms with Gasteiger partial charge in [-0.1, -0.05) is 0 Å². The second kappa shape index (κ2) is 6.94. The van der Waals surface area contributed by atoms with Crippen molar-refractivity contribution in [1.29, 1.82) is 0 Å². The van der Waals surface area contributed by atoms with Crippen molar-refractivity contribution >= 4 is 21.8 Å². The van der Waals surface area contributed by atoms with Crippen LogP contribution >= 0.6 is 11.8 Å². The Bertz CT molecular complexity index is 310. The Morgan fingerprint density at radius 1 is 1.59 bits per heavy atom. The Morgan fingerprint density at radius 2 is 2.29 bits per heavy atom. The summed E-state index contributed by atoms with van der Waals surface area (Å²) in [5.74, 6) is 0.0177. The minimum absolute atomic E-state index is 0.0177. The third kappa shape index (κ3) is 5.13. The van der Waals surface area contributed by atoms with Crippen LogP contribution < -0.4 is 4.72 Å². The Hall–Kier alpha value is 0.180. The van der Waals surface area contributed by atoms with Gasteiger partial charge in [0.25, 0.3) is 0 Å². The van der Waals surface area contributed by atoms with E-state index in [1.54, 1.807) is 6.92 Å². The molecule has 5 nitrogen and oxygen atoms in total. The van der Waals surface area contributed by atoms with Gasteiger partial charge in [0.15, 0.2) is 0 Å². The molecule has 1 aliphatic rings. The van der Waals surface area contributed by atoms with Crippen LogP contribution in [0.15, 0.2) is 0 Å². The van der Waals surface area contributed by atoms with Crippen LogP contribution in [0, 0.1) is 0 Å². The molecule has 17 heavy (non-hydrogen) atoms. The predicted octanol–water partition coefficient (Wildman–Crippen LogP) is 0.197. The quantitative estimate of drug-likeness (QED) is 0.698. The van der Waals surface area contributed by atoms with E-state index in [4.69, 9.17) is 9.84 Å². The van der Waals surface area contributed by atoms with Gasteiger partial charge < -0.3 is 9.84 Å². The fourth-order valence-electron chi connectivity index (χ4n) is 1.86. The number of sulfonamides is 1. The van der Waals surface area contributed by atoms with Crippen LogP contribution in [0.3, 0.4) is 0 Å². The first-order chi connectivity index (χ1) is 7.98. The molecule has 3 atom stereocenters. The molecule has 0 spiro atoms. The second-order valence-electron chi connectivity index (χ2n) is 4.28. The summed E-state index contributed by atoms with van der Waals surface area (Å²) in [7, 11) is -3.33. The normalized spacial score (nSPS) is 24.8. The minimum atomic E-state index is -3.33. The lowest BCUT2D eigenvalue weighted by atomic mass is 10.3. The van der Waals surface area contributed by atoms with E-state index in [1.165, 1.54) is 11.8 Å². The van der Waals surface area contributed by atoms with Crippen LogP contribution in [-0.2, 0) is 14.8 Å². The number of hydrogen-bond donors (Lipinski definition) is 2. The summed E-state index contributed by atoms with van der Waals surface area (Å²) in [6, 6.07) is -0.276. The first-order valence-corrected chi connectivity index (χ1v) is 8.67. The zero-order valence-corrected chi connectivity index (χ0v) is 11.9. The van der Waals surface area contributed by atoms with Crippen LogP contribution in [0.5, 0.6) is 0 Å². The third-order valence-corrected chi connectivity index (χ3v) is 5.54. The summed E-state index contributed by atoms with van der Waals surface area (Å²) in [4.78, 5) is 0. The third-order valence-electron chi connectivity index (χ3n) is 2.84. The molecule has 0 radical (unpaired) electrons. The van der Waals surface area contributed by atoms with Crippen molar-refractivity contribution in [3.63, 3.8) is 0 Å².